The van der Waals surface area contributed by atoms with Gasteiger partial charge in [0.15, 0.2) is 11.5 Å². The first-order valence-electron chi connectivity index (χ1n) is 9.22. The second kappa shape index (κ2) is 7.33. The van der Waals surface area contributed by atoms with Crippen LogP contribution in [0.15, 0.2) is 63.9 Å². The van der Waals surface area contributed by atoms with E-state index in [-0.39, 0.29) is 24.2 Å². The van der Waals surface area contributed by atoms with Crippen LogP contribution in [0.1, 0.15) is 17.3 Å². The van der Waals surface area contributed by atoms with Crippen molar-refractivity contribution in [2.45, 2.75) is 6.92 Å². The van der Waals surface area contributed by atoms with Crippen LogP contribution in [0.3, 0.4) is 0 Å². The molecule has 0 atom stereocenters. The van der Waals surface area contributed by atoms with Crippen molar-refractivity contribution in [3.8, 4) is 22.1 Å². The van der Waals surface area contributed by atoms with E-state index in [1.165, 1.54) is 16.0 Å². The van der Waals surface area contributed by atoms with Gasteiger partial charge in [0.1, 0.15) is 11.5 Å². The Morgan fingerprint density at radius 1 is 1.19 bits per heavy atom. The minimum Gasteiger partial charge on any atom is -0.454 e. The molecule has 2 aromatic heterocycles. The lowest BCUT2D eigenvalue weighted by Gasteiger charge is -2.12. The van der Waals surface area contributed by atoms with Crippen molar-refractivity contribution in [2.24, 2.45) is 9.98 Å². The summed E-state index contributed by atoms with van der Waals surface area (Å²) in [6.07, 6.45) is 0. The molecule has 1 N–H and O–H groups in total. The predicted molar refractivity (Wildman–Crippen MR) is 116 cm³/mol. The number of amides is 2. The van der Waals surface area contributed by atoms with E-state index in [4.69, 9.17) is 9.47 Å². The number of fused-ring (bicyclic) bond motifs is 1. The number of nitrogens with one attached hydrogen (secondary N) is 1. The highest BCUT2D eigenvalue weighted by Crippen LogP contribution is 2.33. The van der Waals surface area contributed by atoms with Gasteiger partial charge in [-0.05, 0) is 36.6 Å². The lowest BCUT2D eigenvalue weighted by Crippen LogP contribution is -2.25. The molecule has 3 aromatic rings. The zero-order valence-electron chi connectivity index (χ0n) is 16.3. The molecule has 0 unspecified atom stereocenters. The van der Waals surface area contributed by atoms with E-state index in [1.54, 1.807) is 31.2 Å². The van der Waals surface area contributed by atoms with Crippen LogP contribution in [0.25, 0.3) is 10.6 Å². The van der Waals surface area contributed by atoms with Gasteiger partial charge in [0.2, 0.25) is 6.79 Å². The highest BCUT2D eigenvalue weighted by molar-refractivity contribution is 7.13. The highest BCUT2D eigenvalue weighted by Gasteiger charge is 2.23. The summed E-state index contributed by atoms with van der Waals surface area (Å²) in [5, 5.41) is 9.27. The summed E-state index contributed by atoms with van der Waals surface area (Å²) in [4.78, 5) is 34.3. The fraction of sp³-hybridized carbons (Fsp3) is 0.0952. The normalized spacial score (nSPS) is 15.0. The maximum Gasteiger partial charge on any atom is 0.281 e. The van der Waals surface area contributed by atoms with E-state index in [2.05, 4.69) is 27.0 Å². The minimum atomic E-state index is -0.497. The molecular weight excluding hydrogens is 418 g/mol. The number of anilines is 1. The first-order chi connectivity index (χ1) is 15.0. The predicted octanol–water partition coefficient (Wildman–Crippen LogP) is 3.35. The monoisotopic (exact) mass is 433 g/mol. The topological polar surface area (TPSA) is 107 Å². The summed E-state index contributed by atoms with van der Waals surface area (Å²) in [6, 6.07) is 10.4. The summed E-state index contributed by atoms with van der Waals surface area (Å²) in [5.41, 5.74) is 1.66. The number of aliphatic imine (C=N–C) groups is 2. The van der Waals surface area contributed by atoms with E-state index < -0.39 is 5.91 Å². The summed E-state index contributed by atoms with van der Waals surface area (Å²) >= 11 is 1.50. The molecule has 0 bridgehead atoms. The Bertz CT molecular complexity index is 1300. The molecule has 1 aromatic carbocycles. The zero-order valence-corrected chi connectivity index (χ0v) is 17.1. The van der Waals surface area contributed by atoms with Gasteiger partial charge in [0.05, 0.1) is 16.2 Å². The third kappa shape index (κ3) is 3.42. The Kier molecular flexibility index (Phi) is 4.48. The standard InChI is InChI=1S/C21H15N5O4S/c1-11-12(2)22-21(24-19(11)27)26-18(9-14(25-26)17-4-3-7-31-17)23-20(28)13-5-6-15-16(8-13)30-10-29-15/h3-9H,1,10H2,2H3,(H,23,28). The van der Waals surface area contributed by atoms with Crippen molar-refractivity contribution in [1.82, 2.24) is 9.78 Å². The molecule has 0 spiro atoms. The Hall–Kier alpha value is -4.05. The maximum absolute atomic E-state index is 12.9. The van der Waals surface area contributed by atoms with E-state index >= 15 is 0 Å². The molecule has 4 heterocycles. The van der Waals surface area contributed by atoms with Gasteiger partial charge < -0.3 is 14.8 Å². The number of carbonyl (C=O) groups excluding carboxylic acids is 2. The van der Waals surface area contributed by atoms with Gasteiger partial charge in [-0.1, -0.05) is 12.6 Å². The summed E-state index contributed by atoms with van der Waals surface area (Å²) in [5.74, 6) is 0.581. The molecule has 2 aliphatic rings. The average molecular weight is 433 g/mol. The van der Waals surface area contributed by atoms with E-state index in [0.29, 0.717) is 34.3 Å². The second-order valence-corrected chi connectivity index (χ2v) is 7.67. The Labute approximate surface area is 180 Å². The Morgan fingerprint density at radius 3 is 2.81 bits per heavy atom. The molecule has 2 amide bonds. The number of carbonyl (C=O) groups is 2. The molecule has 2 aliphatic heterocycles. The molecule has 0 radical (unpaired) electrons. The summed E-state index contributed by atoms with van der Waals surface area (Å²) in [7, 11) is 0. The Morgan fingerprint density at radius 2 is 2.03 bits per heavy atom. The van der Waals surface area contributed by atoms with Crippen LogP contribution < -0.4 is 14.8 Å². The quantitative estimate of drug-likeness (QED) is 0.638. The van der Waals surface area contributed by atoms with Gasteiger partial charge in [-0.15, -0.1) is 11.3 Å². The third-order valence-electron chi connectivity index (χ3n) is 4.71. The van der Waals surface area contributed by atoms with Crippen molar-refractivity contribution in [3.05, 3.63) is 59.5 Å². The summed E-state index contributed by atoms with van der Waals surface area (Å²) < 4.78 is 12.0. The smallest absolute Gasteiger partial charge is 0.281 e. The zero-order chi connectivity index (χ0) is 21.5. The molecule has 31 heavy (non-hydrogen) atoms. The number of hydrogen-bond acceptors (Lipinski definition) is 7. The van der Waals surface area contributed by atoms with Crippen LogP contribution in [0.4, 0.5) is 5.82 Å². The van der Waals surface area contributed by atoms with Crippen LogP contribution in [0.2, 0.25) is 0 Å². The van der Waals surface area contributed by atoms with Crippen molar-refractivity contribution in [1.29, 1.82) is 0 Å². The minimum absolute atomic E-state index is 0.0543. The average Bonchev–Trinajstić information content (AvgIpc) is 3.51. The number of rotatable bonds is 3. The Balaban J connectivity index is 1.53. The molecule has 0 saturated heterocycles. The molecule has 5 rings (SSSR count). The molecule has 0 saturated carbocycles. The van der Waals surface area contributed by atoms with Crippen molar-refractivity contribution < 1.29 is 19.1 Å². The number of benzene rings is 1. The lowest BCUT2D eigenvalue weighted by atomic mass is 10.2. The van der Waals surface area contributed by atoms with Gasteiger partial charge in [0, 0.05) is 11.6 Å². The number of ether oxygens (including phenoxy) is 2. The fourth-order valence-electron chi connectivity index (χ4n) is 3.04. The molecule has 0 aliphatic carbocycles. The first-order valence-corrected chi connectivity index (χ1v) is 10.1. The molecule has 154 valence electrons. The number of aromatic nitrogens is 2. The number of nitrogens with zero attached hydrogens (tertiary/aromatic N) is 4. The van der Waals surface area contributed by atoms with E-state index in [1.807, 2.05) is 17.5 Å². The van der Waals surface area contributed by atoms with Gasteiger partial charge in [-0.3, -0.25) is 9.59 Å². The molecule has 9 nitrogen and oxygen atoms in total. The van der Waals surface area contributed by atoms with Gasteiger partial charge in [-0.25, -0.2) is 4.99 Å². The van der Waals surface area contributed by atoms with Crippen molar-refractivity contribution in [2.75, 3.05) is 12.1 Å². The SMILES string of the molecule is C=C1C(=O)N=C(n2nc(-c3cccs3)cc2NC(=O)c2ccc3c(c2)OCO3)N=C1C. The van der Waals surface area contributed by atoms with Crippen LogP contribution in [0, 0.1) is 0 Å². The second-order valence-electron chi connectivity index (χ2n) is 6.72. The lowest BCUT2D eigenvalue weighted by molar-refractivity contribution is -0.113. The number of thiophene rings is 1. The van der Waals surface area contributed by atoms with Gasteiger partial charge >= 0.3 is 0 Å². The molecule has 10 heteroatoms. The van der Waals surface area contributed by atoms with Crippen LogP contribution >= 0.6 is 11.3 Å². The maximum atomic E-state index is 12.9. The van der Waals surface area contributed by atoms with E-state index in [0.717, 1.165) is 4.88 Å². The van der Waals surface area contributed by atoms with Gasteiger partial charge in [-0.2, -0.15) is 14.8 Å². The molecular formula is C21H15N5O4S. The van der Waals surface area contributed by atoms with Crippen molar-refractivity contribution in [3.63, 3.8) is 0 Å². The van der Waals surface area contributed by atoms with Crippen LogP contribution in [0.5, 0.6) is 11.5 Å². The fourth-order valence-corrected chi connectivity index (χ4v) is 3.73. The van der Waals surface area contributed by atoms with Crippen molar-refractivity contribution >= 4 is 40.6 Å². The highest BCUT2D eigenvalue weighted by atomic mass is 32.1. The summed E-state index contributed by atoms with van der Waals surface area (Å²) in [6.45, 7) is 5.47. The first kappa shape index (κ1) is 18.9. The van der Waals surface area contributed by atoms with Crippen LogP contribution in [-0.4, -0.2) is 40.1 Å². The van der Waals surface area contributed by atoms with Gasteiger partial charge in [0.25, 0.3) is 17.8 Å². The van der Waals surface area contributed by atoms with E-state index in [9.17, 15) is 9.59 Å². The third-order valence-corrected chi connectivity index (χ3v) is 5.61. The van der Waals surface area contributed by atoms with Crippen LogP contribution in [-0.2, 0) is 4.79 Å². The largest absolute Gasteiger partial charge is 0.454 e. The molecule has 0 fully saturated rings. The number of hydrogen-bond donors (Lipinski definition) is 1.